The van der Waals surface area contributed by atoms with Crippen LogP contribution in [-0.4, -0.2) is 27.5 Å². The number of halogens is 1. The maximum atomic E-state index is 14.5. The summed E-state index contributed by atoms with van der Waals surface area (Å²) in [5.41, 5.74) is 2.36. The largest absolute Gasteiger partial charge is 0.352 e. The van der Waals surface area contributed by atoms with Crippen molar-refractivity contribution in [2.45, 2.75) is 33.9 Å². The lowest BCUT2D eigenvalue weighted by atomic mass is 10.2. The summed E-state index contributed by atoms with van der Waals surface area (Å²) in [6.45, 7) is 6.97. The molecule has 27 heavy (non-hydrogen) atoms. The summed E-state index contributed by atoms with van der Waals surface area (Å²) in [5, 5.41) is 7.53. The number of thiazole rings is 1. The van der Waals surface area contributed by atoms with Gasteiger partial charge in [-0.1, -0.05) is 6.07 Å². The number of aromatic nitrogens is 3. The Morgan fingerprint density at radius 3 is 2.59 bits per heavy atom. The standard InChI is InChI=1S/C19H23FN6S/c1-12-18(27-14(3)25-12)11-24-19(21-4)23-10-15-5-6-17(16(20)9-15)26-8-7-22-13(26)2/h5-9H,10-11H2,1-4H3,(H2,21,23,24). The topological polar surface area (TPSA) is 67.1 Å². The van der Waals surface area contributed by atoms with Gasteiger partial charge >= 0.3 is 0 Å². The first-order valence-electron chi connectivity index (χ1n) is 8.64. The Morgan fingerprint density at radius 1 is 1.22 bits per heavy atom. The number of aliphatic imine (C=N–C) groups is 1. The summed E-state index contributed by atoms with van der Waals surface area (Å²) in [4.78, 5) is 14.0. The quantitative estimate of drug-likeness (QED) is 0.522. The second kappa shape index (κ2) is 8.30. The smallest absolute Gasteiger partial charge is 0.191 e. The molecule has 3 rings (SSSR count). The Kier molecular flexibility index (Phi) is 5.85. The van der Waals surface area contributed by atoms with E-state index < -0.39 is 0 Å². The highest BCUT2D eigenvalue weighted by Gasteiger charge is 2.09. The molecule has 2 N–H and O–H groups in total. The van der Waals surface area contributed by atoms with E-state index in [2.05, 4.69) is 25.6 Å². The van der Waals surface area contributed by atoms with Gasteiger partial charge in [0.05, 0.1) is 22.9 Å². The highest BCUT2D eigenvalue weighted by Crippen LogP contribution is 2.17. The molecule has 8 heteroatoms. The molecule has 2 heterocycles. The predicted molar refractivity (Wildman–Crippen MR) is 107 cm³/mol. The molecule has 2 aromatic heterocycles. The van der Waals surface area contributed by atoms with Crippen LogP contribution in [0.5, 0.6) is 0 Å². The van der Waals surface area contributed by atoms with Gasteiger partial charge in [-0.25, -0.2) is 14.4 Å². The molecule has 0 aliphatic rings. The van der Waals surface area contributed by atoms with Gasteiger partial charge in [0.25, 0.3) is 0 Å². The second-order valence-electron chi connectivity index (χ2n) is 6.15. The minimum atomic E-state index is -0.283. The number of nitrogens with zero attached hydrogens (tertiary/aromatic N) is 4. The average molecular weight is 387 g/mol. The van der Waals surface area contributed by atoms with Crippen LogP contribution in [0.4, 0.5) is 4.39 Å². The SMILES string of the molecule is CN=C(NCc1ccc(-n2ccnc2C)c(F)c1)NCc1sc(C)nc1C. The van der Waals surface area contributed by atoms with Gasteiger partial charge in [0.2, 0.25) is 0 Å². The second-order valence-corrected chi connectivity index (χ2v) is 7.44. The lowest BCUT2D eigenvalue weighted by molar-refractivity contribution is 0.613. The molecule has 6 nitrogen and oxygen atoms in total. The van der Waals surface area contributed by atoms with Crippen molar-refractivity contribution in [1.82, 2.24) is 25.2 Å². The van der Waals surface area contributed by atoms with Gasteiger partial charge in [-0.2, -0.15) is 0 Å². The van der Waals surface area contributed by atoms with Crippen LogP contribution in [0.15, 0.2) is 35.6 Å². The normalized spacial score (nSPS) is 11.7. The summed E-state index contributed by atoms with van der Waals surface area (Å²) < 4.78 is 16.2. The first-order valence-corrected chi connectivity index (χ1v) is 9.45. The van der Waals surface area contributed by atoms with Gasteiger partial charge in [-0.15, -0.1) is 11.3 Å². The fraction of sp³-hybridized carbons (Fsp3) is 0.316. The Balaban J connectivity index is 1.61. The highest BCUT2D eigenvalue weighted by molar-refractivity contribution is 7.11. The summed E-state index contributed by atoms with van der Waals surface area (Å²) in [7, 11) is 1.71. The molecule has 0 bridgehead atoms. The van der Waals surface area contributed by atoms with Crippen molar-refractivity contribution < 1.29 is 4.39 Å². The number of rotatable bonds is 5. The minimum Gasteiger partial charge on any atom is -0.352 e. The van der Waals surface area contributed by atoms with Crippen molar-refractivity contribution in [3.63, 3.8) is 0 Å². The van der Waals surface area contributed by atoms with Crippen molar-refractivity contribution in [2.24, 2.45) is 4.99 Å². The third kappa shape index (κ3) is 4.51. The zero-order valence-electron chi connectivity index (χ0n) is 15.9. The molecule has 0 unspecified atom stereocenters. The molecule has 1 aromatic carbocycles. The Bertz CT molecular complexity index is 959. The molecule has 0 radical (unpaired) electrons. The number of imidazole rings is 1. The van der Waals surface area contributed by atoms with Crippen LogP contribution < -0.4 is 10.6 Å². The van der Waals surface area contributed by atoms with E-state index in [0.29, 0.717) is 24.7 Å². The van der Waals surface area contributed by atoms with Crippen LogP contribution >= 0.6 is 11.3 Å². The molecular weight excluding hydrogens is 363 g/mol. The van der Waals surface area contributed by atoms with Crippen molar-refractivity contribution >= 4 is 17.3 Å². The fourth-order valence-electron chi connectivity index (χ4n) is 2.80. The summed E-state index contributed by atoms with van der Waals surface area (Å²) >= 11 is 1.67. The fourth-order valence-corrected chi connectivity index (χ4v) is 3.67. The van der Waals surface area contributed by atoms with E-state index in [1.165, 1.54) is 10.9 Å². The predicted octanol–water partition coefficient (Wildman–Crippen LogP) is 3.26. The molecule has 0 spiro atoms. The van der Waals surface area contributed by atoms with Crippen LogP contribution in [0.25, 0.3) is 5.69 Å². The summed E-state index contributed by atoms with van der Waals surface area (Å²) in [6, 6.07) is 5.20. The average Bonchev–Trinajstić information content (AvgIpc) is 3.20. The molecule has 0 fully saturated rings. The van der Waals surface area contributed by atoms with E-state index in [9.17, 15) is 4.39 Å². The van der Waals surface area contributed by atoms with Crippen molar-refractivity contribution in [3.05, 3.63) is 63.4 Å². The van der Waals surface area contributed by atoms with Crippen LogP contribution in [-0.2, 0) is 13.1 Å². The molecule has 0 amide bonds. The molecule has 0 aliphatic heterocycles. The van der Waals surface area contributed by atoms with Crippen LogP contribution in [0.2, 0.25) is 0 Å². The van der Waals surface area contributed by atoms with Gasteiger partial charge in [-0.05, 0) is 38.5 Å². The minimum absolute atomic E-state index is 0.283. The monoisotopic (exact) mass is 386 g/mol. The Morgan fingerprint density at radius 2 is 2.00 bits per heavy atom. The lowest BCUT2D eigenvalue weighted by Gasteiger charge is -2.13. The molecule has 0 aliphatic carbocycles. The Labute approximate surface area is 162 Å². The first-order chi connectivity index (χ1) is 13.0. The number of aryl methyl sites for hydroxylation is 3. The van der Waals surface area contributed by atoms with E-state index in [1.807, 2.05) is 26.8 Å². The van der Waals surface area contributed by atoms with E-state index in [0.717, 1.165) is 22.1 Å². The number of guanidine groups is 1. The third-order valence-electron chi connectivity index (χ3n) is 4.20. The number of hydrogen-bond acceptors (Lipinski definition) is 4. The maximum absolute atomic E-state index is 14.5. The summed E-state index contributed by atoms with van der Waals surface area (Å²) in [5.74, 6) is 1.13. The van der Waals surface area contributed by atoms with Gasteiger partial charge in [-0.3, -0.25) is 4.99 Å². The molecule has 3 aromatic rings. The van der Waals surface area contributed by atoms with E-state index >= 15 is 0 Å². The number of hydrogen-bond donors (Lipinski definition) is 2. The first kappa shape index (κ1) is 19.0. The zero-order chi connectivity index (χ0) is 19.4. The van der Waals surface area contributed by atoms with Gasteiger partial charge < -0.3 is 15.2 Å². The maximum Gasteiger partial charge on any atom is 0.191 e. The van der Waals surface area contributed by atoms with Gasteiger partial charge in [0.15, 0.2) is 5.96 Å². The molecular formula is C19H23FN6S. The van der Waals surface area contributed by atoms with Gasteiger partial charge in [0.1, 0.15) is 11.6 Å². The van der Waals surface area contributed by atoms with E-state index in [1.54, 1.807) is 41.4 Å². The summed E-state index contributed by atoms with van der Waals surface area (Å²) in [6.07, 6.45) is 3.41. The van der Waals surface area contributed by atoms with Crippen molar-refractivity contribution in [1.29, 1.82) is 0 Å². The highest BCUT2D eigenvalue weighted by atomic mass is 32.1. The van der Waals surface area contributed by atoms with Gasteiger partial charge in [0, 0.05) is 30.9 Å². The van der Waals surface area contributed by atoms with Crippen molar-refractivity contribution in [2.75, 3.05) is 7.05 Å². The molecule has 0 saturated carbocycles. The van der Waals surface area contributed by atoms with Crippen LogP contribution in [0.1, 0.15) is 27.0 Å². The lowest BCUT2D eigenvalue weighted by Crippen LogP contribution is -2.36. The molecule has 142 valence electrons. The van der Waals surface area contributed by atoms with Crippen molar-refractivity contribution in [3.8, 4) is 5.69 Å². The number of nitrogens with one attached hydrogen (secondary N) is 2. The van der Waals surface area contributed by atoms with E-state index in [-0.39, 0.29) is 5.82 Å². The molecule has 0 saturated heterocycles. The van der Waals surface area contributed by atoms with Crippen LogP contribution in [0.3, 0.4) is 0 Å². The third-order valence-corrected chi connectivity index (χ3v) is 5.27. The number of benzene rings is 1. The van der Waals surface area contributed by atoms with Crippen LogP contribution in [0, 0.1) is 26.6 Å². The Hall–Kier alpha value is -2.74. The zero-order valence-corrected chi connectivity index (χ0v) is 16.7. The van der Waals surface area contributed by atoms with E-state index in [4.69, 9.17) is 0 Å². The molecule has 0 atom stereocenters.